The molecule has 0 aromatic heterocycles. The number of rotatable bonds is 11. The number of carboxylic acid groups (broad SMARTS) is 1. The predicted molar refractivity (Wildman–Crippen MR) is 136 cm³/mol. The van der Waals surface area contributed by atoms with Gasteiger partial charge in [0.15, 0.2) is 0 Å². The monoisotopic (exact) mass is 485 g/mol. The van der Waals surface area contributed by atoms with Crippen LogP contribution in [0.1, 0.15) is 42.8 Å². The minimum atomic E-state index is -1.01. The normalized spacial score (nSPS) is 12.5. The topological polar surface area (TPSA) is 88.0 Å². The lowest BCUT2D eigenvalue weighted by Gasteiger charge is -2.20. The first-order valence-corrected chi connectivity index (χ1v) is 11.1. The second-order valence-corrected chi connectivity index (χ2v) is 8.15. The number of halogens is 1. The third-order valence-corrected chi connectivity index (χ3v) is 5.21. The number of carbonyl (C=O) groups is 1. The lowest BCUT2D eigenvalue weighted by atomic mass is 10.0. The van der Waals surface area contributed by atoms with Crippen molar-refractivity contribution in [1.82, 2.24) is 5.32 Å². The molecule has 34 heavy (non-hydrogen) atoms. The van der Waals surface area contributed by atoms with Crippen molar-refractivity contribution in [3.63, 3.8) is 0 Å². The summed E-state index contributed by atoms with van der Waals surface area (Å²) in [6.07, 6.45) is -0.707. The van der Waals surface area contributed by atoms with E-state index in [1.165, 1.54) is 0 Å². The second kappa shape index (κ2) is 13.0. The highest BCUT2D eigenvalue weighted by atomic mass is 35.5. The zero-order chi connectivity index (χ0) is 23.8. The third-order valence-electron chi connectivity index (χ3n) is 5.21. The molecule has 0 spiro atoms. The maximum absolute atomic E-state index is 11.5. The van der Waals surface area contributed by atoms with Gasteiger partial charge in [0.1, 0.15) is 23.7 Å². The van der Waals surface area contributed by atoms with Crippen molar-refractivity contribution in [2.24, 2.45) is 0 Å². The Balaban J connectivity index is 0.00000408. The smallest absolute Gasteiger partial charge is 0.339 e. The summed E-state index contributed by atoms with van der Waals surface area (Å²) in [4.78, 5) is 11.5. The van der Waals surface area contributed by atoms with Crippen LogP contribution in [0.2, 0.25) is 0 Å². The maximum Gasteiger partial charge on any atom is 0.339 e. The molecule has 0 aliphatic heterocycles. The van der Waals surface area contributed by atoms with Crippen LogP contribution >= 0.6 is 12.4 Å². The molecule has 3 aromatic rings. The summed E-state index contributed by atoms with van der Waals surface area (Å²) in [5.74, 6) is 0.0750. The van der Waals surface area contributed by atoms with Gasteiger partial charge >= 0.3 is 5.97 Å². The second-order valence-electron chi connectivity index (χ2n) is 8.15. The molecule has 3 rings (SSSR count). The van der Waals surface area contributed by atoms with Crippen LogP contribution in [0, 0.1) is 0 Å². The summed E-state index contributed by atoms with van der Waals surface area (Å²) >= 11 is 0. The predicted octanol–water partition coefficient (Wildman–Crippen LogP) is 5.35. The fourth-order valence-electron chi connectivity index (χ4n) is 3.48. The van der Waals surface area contributed by atoms with Gasteiger partial charge in [0, 0.05) is 12.6 Å². The molecule has 6 nitrogen and oxygen atoms in total. The first-order valence-electron chi connectivity index (χ1n) is 11.1. The molecule has 0 fully saturated rings. The van der Waals surface area contributed by atoms with E-state index in [4.69, 9.17) is 9.47 Å². The lowest BCUT2D eigenvalue weighted by molar-refractivity contribution is 0.0690. The van der Waals surface area contributed by atoms with Crippen LogP contribution in [0.15, 0.2) is 72.8 Å². The van der Waals surface area contributed by atoms with E-state index in [1.807, 2.05) is 75.4 Å². The number of carboxylic acids is 1. The Morgan fingerprint density at radius 2 is 1.59 bits per heavy atom. The van der Waals surface area contributed by atoms with E-state index in [1.54, 1.807) is 18.2 Å². The van der Waals surface area contributed by atoms with E-state index in [0.29, 0.717) is 18.9 Å². The molecule has 0 radical (unpaired) electrons. The number of aliphatic hydroxyl groups is 1. The Hall–Kier alpha value is -3.06. The number of hydrogen-bond acceptors (Lipinski definition) is 5. The van der Waals surface area contributed by atoms with Crippen molar-refractivity contribution in [3.05, 3.63) is 83.9 Å². The van der Waals surface area contributed by atoms with Crippen LogP contribution < -0.4 is 14.8 Å². The van der Waals surface area contributed by atoms with Gasteiger partial charge in [0.05, 0.1) is 12.2 Å². The first-order chi connectivity index (χ1) is 15.8. The Morgan fingerprint density at radius 1 is 0.941 bits per heavy atom. The molecule has 2 atom stereocenters. The molecule has 3 N–H and O–H groups in total. The van der Waals surface area contributed by atoms with E-state index in [0.717, 1.165) is 22.4 Å². The van der Waals surface area contributed by atoms with Crippen LogP contribution in [0.25, 0.3) is 11.1 Å². The molecule has 3 aromatic carbocycles. The van der Waals surface area contributed by atoms with Crippen molar-refractivity contribution < 1.29 is 24.5 Å². The number of aromatic carboxylic acids is 1. The molecule has 182 valence electrons. The SMILES string of the molecule is CC(C)Oc1cc(-c2ccc(OCCN[C@@H](C)[C@@H](O)c3ccccc3)cc2)ccc1C(=O)O.Cl. The van der Waals surface area contributed by atoms with Crippen molar-refractivity contribution in [2.45, 2.75) is 39.0 Å². The summed E-state index contributed by atoms with van der Waals surface area (Å²) in [5, 5.41) is 23.1. The Kier molecular flexibility index (Phi) is 10.4. The minimum Gasteiger partial charge on any atom is -0.492 e. The summed E-state index contributed by atoms with van der Waals surface area (Å²) < 4.78 is 11.5. The molecule has 0 unspecified atom stereocenters. The van der Waals surface area contributed by atoms with E-state index in [2.05, 4.69) is 5.32 Å². The number of ether oxygens (including phenoxy) is 2. The maximum atomic E-state index is 11.5. The quantitative estimate of drug-likeness (QED) is 0.317. The third kappa shape index (κ3) is 7.48. The van der Waals surface area contributed by atoms with Crippen molar-refractivity contribution in [2.75, 3.05) is 13.2 Å². The first kappa shape index (κ1) is 27.2. The zero-order valence-corrected chi connectivity index (χ0v) is 20.4. The Morgan fingerprint density at radius 3 is 2.21 bits per heavy atom. The minimum absolute atomic E-state index is 0. The van der Waals surface area contributed by atoms with E-state index in [9.17, 15) is 15.0 Å². The van der Waals surface area contributed by atoms with Crippen LogP contribution in [0.4, 0.5) is 0 Å². The highest BCUT2D eigenvalue weighted by molar-refractivity contribution is 5.92. The molecule has 7 heteroatoms. The van der Waals surface area contributed by atoms with Gasteiger partial charge in [0.2, 0.25) is 0 Å². The van der Waals surface area contributed by atoms with Crippen LogP contribution in [-0.2, 0) is 0 Å². The molecule has 0 amide bonds. The Bertz CT molecular complexity index is 1040. The summed E-state index contributed by atoms with van der Waals surface area (Å²) in [6, 6.07) is 22.2. The summed E-state index contributed by atoms with van der Waals surface area (Å²) in [7, 11) is 0. The average molecular weight is 486 g/mol. The van der Waals surface area contributed by atoms with Crippen molar-refractivity contribution in [1.29, 1.82) is 0 Å². The summed E-state index contributed by atoms with van der Waals surface area (Å²) in [5.41, 5.74) is 2.83. The van der Waals surface area contributed by atoms with Crippen LogP contribution in [-0.4, -0.2) is 41.5 Å². The number of nitrogens with one attached hydrogen (secondary N) is 1. The molecule has 0 bridgehead atoms. The lowest BCUT2D eigenvalue weighted by Crippen LogP contribution is -2.35. The van der Waals surface area contributed by atoms with Gasteiger partial charge in [-0.25, -0.2) is 4.79 Å². The van der Waals surface area contributed by atoms with E-state index in [-0.39, 0.29) is 30.1 Å². The number of aliphatic hydroxyl groups excluding tert-OH is 1. The molecule has 0 aliphatic rings. The molecule has 0 aliphatic carbocycles. The van der Waals surface area contributed by atoms with Gasteiger partial charge in [-0.3, -0.25) is 0 Å². The van der Waals surface area contributed by atoms with E-state index < -0.39 is 12.1 Å². The van der Waals surface area contributed by atoms with Crippen LogP contribution in [0.5, 0.6) is 11.5 Å². The van der Waals surface area contributed by atoms with Gasteiger partial charge < -0.3 is 25.0 Å². The van der Waals surface area contributed by atoms with E-state index >= 15 is 0 Å². The molecule has 0 heterocycles. The highest BCUT2D eigenvalue weighted by Gasteiger charge is 2.16. The van der Waals surface area contributed by atoms with Gasteiger partial charge in [-0.1, -0.05) is 48.5 Å². The highest BCUT2D eigenvalue weighted by Crippen LogP contribution is 2.29. The number of hydrogen-bond donors (Lipinski definition) is 3. The van der Waals surface area contributed by atoms with Gasteiger partial charge in [-0.15, -0.1) is 12.4 Å². The molecular formula is C27H32ClNO5. The molecule has 0 saturated heterocycles. The van der Waals surface area contributed by atoms with Crippen molar-refractivity contribution in [3.8, 4) is 22.6 Å². The average Bonchev–Trinajstić information content (AvgIpc) is 2.81. The van der Waals surface area contributed by atoms with Gasteiger partial charge in [0.25, 0.3) is 0 Å². The fourth-order valence-corrected chi connectivity index (χ4v) is 3.48. The van der Waals surface area contributed by atoms with Gasteiger partial charge in [-0.05, 0) is 61.7 Å². The van der Waals surface area contributed by atoms with Crippen LogP contribution in [0.3, 0.4) is 0 Å². The molecular weight excluding hydrogens is 454 g/mol. The Labute approximate surface area is 207 Å². The van der Waals surface area contributed by atoms with Gasteiger partial charge in [-0.2, -0.15) is 0 Å². The standard InChI is InChI=1S/C27H31NO5.ClH/c1-18(2)33-25-17-22(11-14-24(25)27(30)31)20-9-12-23(13-10-20)32-16-15-28-19(3)26(29)21-7-5-4-6-8-21;/h4-14,17-19,26,28-29H,15-16H2,1-3H3,(H,30,31);1H/t19-,26+;/m0./s1. The largest absolute Gasteiger partial charge is 0.492 e. The van der Waals surface area contributed by atoms with Crippen molar-refractivity contribution >= 4 is 18.4 Å². The molecule has 0 saturated carbocycles. The zero-order valence-electron chi connectivity index (χ0n) is 19.6. The number of benzene rings is 3. The fraction of sp³-hybridized carbons (Fsp3) is 0.296. The summed E-state index contributed by atoms with van der Waals surface area (Å²) in [6.45, 7) is 6.73.